The van der Waals surface area contributed by atoms with E-state index in [1.54, 1.807) is 45.9 Å². The molecule has 2 amide bonds. The highest BCUT2D eigenvalue weighted by molar-refractivity contribution is 6.34. The van der Waals surface area contributed by atoms with E-state index >= 15 is 0 Å². The Morgan fingerprint density at radius 3 is 2.64 bits per heavy atom. The molecule has 1 aliphatic heterocycles. The van der Waals surface area contributed by atoms with Crippen molar-refractivity contribution in [1.29, 1.82) is 0 Å². The van der Waals surface area contributed by atoms with Gasteiger partial charge in [0.1, 0.15) is 5.60 Å². The lowest BCUT2D eigenvalue weighted by Gasteiger charge is -2.47. The predicted molar refractivity (Wildman–Crippen MR) is 123 cm³/mol. The molecule has 1 heterocycles. The molecule has 2 aliphatic rings. The molecule has 1 aromatic carbocycles. The van der Waals surface area contributed by atoms with Crippen molar-refractivity contribution in [2.75, 3.05) is 5.73 Å². The molecule has 0 aromatic heterocycles. The van der Waals surface area contributed by atoms with Crippen LogP contribution in [-0.2, 0) is 15.1 Å². The van der Waals surface area contributed by atoms with E-state index in [1.165, 1.54) is 11.8 Å². The van der Waals surface area contributed by atoms with Crippen LogP contribution < -0.4 is 11.1 Å². The Morgan fingerprint density at radius 2 is 2.03 bits per heavy atom. The maximum atomic E-state index is 14.1. The molecular weight excluding hydrogens is 454 g/mol. The van der Waals surface area contributed by atoms with Crippen LogP contribution >= 0.6 is 11.6 Å². The van der Waals surface area contributed by atoms with E-state index in [9.17, 15) is 18.4 Å². The lowest BCUT2D eigenvalue weighted by atomic mass is 9.81. The first-order valence-electron chi connectivity index (χ1n) is 11.0. The van der Waals surface area contributed by atoms with Gasteiger partial charge in [-0.15, -0.1) is 4.99 Å². The Kier molecular flexibility index (Phi) is 6.68. The SMILES string of the molecule is C[C@H]1C[C@@H](N2C(=O)C[C@@](C)(c3cccc(N)c3Cl)N/C2=N\C(=O)OC(C)(C)C)CCC1(F)F. The van der Waals surface area contributed by atoms with Gasteiger partial charge >= 0.3 is 6.09 Å². The minimum absolute atomic E-state index is 0.0230. The number of halogens is 3. The topological polar surface area (TPSA) is 97.0 Å². The van der Waals surface area contributed by atoms with E-state index in [4.69, 9.17) is 22.1 Å². The number of nitrogens with zero attached hydrogens (tertiary/aromatic N) is 2. The van der Waals surface area contributed by atoms with Gasteiger partial charge in [0.15, 0.2) is 0 Å². The number of anilines is 1. The van der Waals surface area contributed by atoms with Crippen LogP contribution in [0.4, 0.5) is 19.3 Å². The van der Waals surface area contributed by atoms with E-state index < -0.39 is 35.1 Å². The molecule has 7 nitrogen and oxygen atoms in total. The third kappa shape index (κ3) is 5.39. The summed E-state index contributed by atoms with van der Waals surface area (Å²) in [7, 11) is 0. The number of guanidine groups is 1. The van der Waals surface area contributed by atoms with Gasteiger partial charge in [-0.3, -0.25) is 9.69 Å². The number of carbonyl (C=O) groups is 2. The lowest BCUT2D eigenvalue weighted by Crippen LogP contribution is -2.63. The molecule has 3 N–H and O–H groups in total. The van der Waals surface area contributed by atoms with E-state index in [-0.39, 0.29) is 42.6 Å². The standard InChI is InChI=1S/C23H31ClF2N4O3/c1-13-11-14(9-10-23(13,25)26)30-17(31)12-22(5,15-7-6-8-16(27)18(15)24)29-19(30)28-20(32)33-21(2,3)4/h6-8,13-14H,9-12,27H2,1-5H3,(H,28,29,32)/t13-,14-,22-/m0/s1. The maximum absolute atomic E-state index is 14.1. The molecule has 2 fully saturated rings. The Morgan fingerprint density at radius 1 is 1.36 bits per heavy atom. The second-order valence-corrected chi connectivity index (χ2v) is 10.5. The molecule has 10 heteroatoms. The first kappa shape index (κ1) is 25.2. The average Bonchev–Trinajstić information content (AvgIpc) is 2.64. The monoisotopic (exact) mass is 484 g/mol. The largest absolute Gasteiger partial charge is 0.442 e. The number of rotatable bonds is 2. The Labute approximate surface area is 197 Å². The minimum atomic E-state index is -2.80. The van der Waals surface area contributed by atoms with Gasteiger partial charge in [-0.05, 0) is 52.2 Å². The summed E-state index contributed by atoms with van der Waals surface area (Å²) in [6.45, 7) is 8.32. The molecule has 0 spiro atoms. The van der Waals surface area contributed by atoms with Gasteiger partial charge in [-0.2, -0.15) is 0 Å². The molecule has 0 radical (unpaired) electrons. The Bertz CT molecular complexity index is 979. The predicted octanol–water partition coefficient (Wildman–Crippen LogP) is 5.07. The molecule has 3 atom stereocenters. The van der Waals surface area contributed by atoms with Crippen molar-refractivity contribution in [3.8, 4) is 0 Å². The van der Waals surface area contributed by atoms with Crippen molar-refractivity contribution >= 4 is 35.2 Å². The number of alkyl halides is 2. The first-order chi connectivity index (χ1) is 15.1. The van der Waals surface area contributed by atoms with Gasteiger partial charge in [0, 0.05) is 18.4 Å². The maximum Gasteiger partial charge on any atom is 0.437 e. The summed E-state index contributed by atoms with van der Waals surface area (Å²) in [6.07, 6.45) is -1.08. The number of nitrogen functional groups attached to an aromatic ring is 1. The number of aliphatic imine (C=N–C) groups is 1. The van der Waals surface area contributed by atoms with Crippen LogP contribution in [0.3, 0.4) is 0 Å². The molecule has 1 aromatic rings. The molecule has 182 valence electrons. The fraction of sp³-hybridized carbons (Fsp3) is 0.609. The zero-order valence-corrected chi connectivity index (χ0v) is 20.3. The third-order valence-corrected chi connectivity index (χ3v) is 6.55. The van der Waals surface area contributed by atoms with Gasteiger partial charge in [0.05, 0.1) is 22.7 Å². The molecule has 1 saturated carbocycles. The highest BCUT2D eigenvalue weighted by Crippen LogP contribution is 2.42. The van der Waals surface area contributed by atoms with Gasteiger partial charge < -0.3 is 15.8 Å². The number of nitrogens with one attached hydrogen (secondary N) is 1. The number of nitrogens with two attached hydrogens (primary N) is 1. The molecule has 0 bridgehead atoms. The van der Waals surface area contributed by atoms with Crippen LogP contribution in [0.5, 0.6) is 0 Å². The Hall–Kier alpha value is -2.42. The van der Waals surface area contributed by atoms with Crippen LogP contribution in [0.2, 0.25) is 5.02 Å². The van der Waals surface area contributed by atoms with E-state index in [2.05, 4.69) is 10.3 Å². The van der Waals surface area contributed by atoms with Gasteiger partial charge in [-0.1, -0.05) is 30.7 Å². The molecule has 3 rings (SSSR count). The van der Waals surface area contributed by atoms with Crippen molar-refractivity contribution in [2.45, 2.75) is 83.4 Å². The molecule has 33 heavy (non-hydrogen) atoms. The summed E-state index contributed by atoms with van der Waals surface area (Å²) < 4.78 is 33.5. The number of hydrogen-bond acceptors (Lipinski definition) is 4. The number of hydrogen-bond donors (Lipinski definition) is 2. The number of carbonyl (C=O) groups excluding carboxylic acids is 2. The average molecular weight is 485 g/mol. The third-order valence-electron chi connectivity index (χ3n) is 6.13. The van der Waals surface area contributed by atoms with Gasteiger partial charge in [-0.25, -0.2) is 13.6 Å². The Balaban J connectivity index is 2.01. The van der Waals surface area contributed by atoms with E-state index in [0.29, 0.717) is 11.3 Å². The van der Waals surface area contributed by atoms with Crippen LogP contribution in [0, 0.1) is 5.92 Å². The zero-order valence-electron chi connectivity index (χ0n) is 19.5. The highest BCUT2D eigenvalue weighted by atomic mass is 35.5. The second kappa shape index (κ2) is 8.74. The van der Waals surface area contributed by atoms with Crippen LogP contribution in [0.1, 0.15) is 65.9 Å². The smallest absolute Gasteiger partial charge is 0.437 e. The number of benzene rings is 1. The van der Waals surface area contributed by atoms with Crippen molar-refractivity contribution in [3.05, 3.63) is 28.8 Å². The fourth-order valence-corrected chi connectivity index (χ4v) is 4.70. The summed E-state index contributed by atoms with van der Waals surface area (Å²) in [4.78, 5) is 31.3. The van der Waals surface area contributed by atoms with Crippen LogP contribution in [0.25, 0.3) is 0 Å². The minimum Gasteiger partial charge on any atom is -0.442 e. The second-order valence-electron chi connectivity index (χ2n) is 10.1. The van der Waals surface area contributed by atoms with Crippen molar-refractivity contribution in [2.24, 2.45) is 10.9 Å². The van der Waals surface area contributed by atoms with Gasteiger partial charge in [0.2, 0.25) is 11.9 Å². The van der Waals surface area contributed by atoms with Crippen LogP contribution in [0.15, 0.2) is 23.2 Å². The van der Waals surface area contributed by atoms with Crippen molar-refractivity contribution in [1.82, 2.24) is 10.2 Å². The summed E-state index contributed by atoms with van der Waals surface area (Å²) in [5, 5.41) is 3.46. The normalized spacial score (nSPS) is 29.0. The zero-order chi connectivity index (χ0) is 24.8. The highest BCUT2D eigenvalue weighted by Gasteiger charge is 2.49. The van der Waals surface area contributed by atoms with Crippen molar-refractivity contribution < 1.29 is 23.1 Å². The van der Waals surface area contributed by atoms with E-state index in [1.807, 2.05) is 0 Å². The van der Waals surface area contributed by atoms with Crippen molar-refractivity contribution in [3.63, 3.8) is 0 Å². The fourth-order valence-electron chi connectivity index (χ4n) is 4.36. The molecule has 1 saturated heterocycles. The summed E-state index contributed by atoms with van der Waals surface area (Å²) in [6, 6.07) is 4.58. The quantitative estimate of drug-likeness (QED) is 0.571. The summed E-state index contributed by atoms with van der Waals surface area (Å²) in [5.41, 5.74) is 5.05. The number of amides is 2. The van der Waals surface area contributed by atoms with E-state index in [0.717, 1.165) is 0 Å². The molecule has 1 aliphatic carbocycles. The number of ether oxygens (including phenoxy) is 1. The summed E-state index contributed by atoms with van der Waals surface area (Å²) in [5.74, 6) is -4.10. The van der Waals surface area contributed by atoms with Gasteiger partial charge in [0.25, 0.3) is 5.92 Å². The first-order valence-corrected chi connectivity index (χ1v) is 11.3. The molecular formula is C23H31ClF2N4O3. The molecule has 0 unspecified atom stereocenters. The lowest BCUT2D eigenvalue weighted by molar-refractivity contribution is -0.137. The summed E-state index contributed by atoms with van der Waals surface area (Å²) >= 11 is 6.44. The van der Waals surface area contributed by atoms with Crippen LogP contribution in [-0.4, -0.2) is 40.4 Å².